The van der Waals surface area contributed by atoms with Gasteiger partial charge in [0.2, 0.25) is 6.28 Å². The lowest BCUT2D eigenvalue weighted by molar-refractivity contribution is 0.00442. The third-order valence-corrected chi connectivity index (χ3v) is 13.9. The van der Waals surface area contributed by atoms with Gasteiger partial charge < -0.3 is 0 Å². The van der Waals surface area contributed by atoms with Gasteiger partial charge in [-0.3, -0.25) is 0 Å². The number of aryl methyl sites for hydroxylation is 6. The number of rotatable bonds is 4. The molecule has 0 amide bonds. The van der Waals surface area contributed by atoms with E-state index in [0.717, 1.165) is 11.1 Å². The van der Waals surface area contributed by atoms with Crippen LogP contribution in [0.4, 0.5) is 43.9 Å². The summed E-state index contributed by atoms with van der Waals surface area (Å²) in [7, 11) is -3.99. The Bertz CT molecular complexity index is 1740. The molecule has 1 fully saturated rings. The summed E-state index contributed by atoms with van der Waals surface area (Å²) in [4.78, 5) is 0. The lowest BCUT2D eigenvalue weighted by atomic mass is 9.26. The molecule has 4 aromatic carbocycles. The first kappa shape index (κ1) is 33.9. The Morgan fingerprint density at radius 1 is 0.500 bits per heavy atom. The van der Waals surface area contributed by atoms with Crippen molar-refractivity contribution in [2.24, 2.45) is 0 Å². The van der Waals surface area contributed by atoms with Crippen LogP contribution in [0.15, 0.2) is 24.3 Å². The molecule has 1 heterocycles. The summed E-state index contributed by atoms with van der Waals surface area (Å²) >= 11 is 0. The first-order chi connectivity index (χ1) is 21.4. The van der Waals surface area contributed by atoms with Crippen molar-refractivity contribution in [3.8, 4) is 0 Å². The number of benzene rings is 4. The third-order valence-electron chi connectivity index (χ3n) is 9.04. The van der Waals surface area contributed by atoms with E-state index in [4.69, 9.17) is 0 Å². The predicted molar refractivity (Wildman–Crippen MR) is 157 cm³/mol. The molecular weight excluding hydrogens is 646 g/mol. The van der Waals surface area contributed by atoms with Gasteiger partial charge in [-0.2, -0.15) is 4.74 Å². The number of halogens is 10. The highest BCUT2D eigenvalue weighted by Crippen LogP contribution is 2.68. The fourth-order valence-electron chi connectivity index (χ4n) is 7.70. The van der Waals surface area contributed by atoms with Crippen molar-refractivity contribution in [2.45, 2.75) is 47.9 Å². The quantitative estimate of drug-likeness (QED) is 0.0738. The summed E-state index contributed by atoms with van der Waals surface area (Å²) in [5.41, 5.74) is -0.577. The zero-order valence-electron chi connectivity index (χ0n) is 25.4. The van der Waals surface area contributed by atoms with Gasteiger partial charge in [0.05, 0.1) is 6.16 Å². The summed E-state index contributed by atoms with van der Waals surface area (Å²) in [6.45, 7) is 9.97. The molecule has 1 aliphatic rings. The molecule has 0 spiro atoms. The Labute approximate surface area is 259 Å². The Hall–Kier alpha value is -3.41. The lowest BCUT2D eigenvalue weighted by Crippen LogP contribution is -2.70. The first-order valence-electron chi connectivity index (χ1n) is 14.1. The van der Waals surface area contributed by atoms with Crippen molar-refractivity contribution in [3.63, 3.8) is 0 Å². The van der Waals surface area contributed by atoms with Gasteiger partial charge in [0.1, 0.15) is 41.3 Å². The van der Waals surface area contributed by atoms with Crippen LogP contribution in [-0.4, -0.2) is 17.2 Å². The lowest BCUT2D eigenvalue weighted by Gasteiger charge is -2.44. The second kappa shape index (κ2) is 11.4. The molecule has 1 saturated heterocycles. The molecule has 14 heteroatoms. The van der Waals surface area contributed by atoms with Gasteiger partial charge in [-0.05, 0) is 63.8 Å². The summed E-state index contributed by atoms with van der Waals surface area (Å²) in [5.74, 6) is -25.9. The molecule has 5 rings (SSSR count). The molecular formula is C32H26BF10NOP. The molecule has 0 atom stereocenters. The zero-order valence-corrected chi connectivity index (χ0v) is 26.3. The maximum absolute atomic E-state index is 15.8. The topological polar surface area (TPSA) is 23.1 Å². The SMILES string of the molecule is Cc1cc(C)c([P+]2(c3c(C)cc(C)cc3C)CC[B-](c3c(F)c(F)c(F)c(F)c3F)(c3c(F)c(F)c(F)c(F)c3F)N2[O])c(C)c1. The van der Waals surface area contributed by atoms with Crippen molar-refractivity contribution >= 4 is 35.2 Å². The van der Waals surface area contributed by atoms with Gasteiger partial charge in [-0.25, -0.2) is 43.9 Å². The van der Waals surface area contributed by atoms with Gasteiger partial charge in [0.25, 0.3) is 0 Å². The molecule has 0 aliphatic carbocycles. The largest absolute Gasteiger partial charge is 0.213 e. The molecule has 0 aromatic heterocycles. The molecule has 0 unspecified atom stereocenters. The molecule has 1 radical (unpaired) electrons. The zero-order chi connectivity index (χ0) is 34.4. The van der Waals surface area contributed by atoms with E-state index in [-0.39, 0.29) is 4.74 Å². The Morgan fingerprint density at radius 2 is 0.761 bits per heavy atom. The van der Waals surface area contributed by atoms with E-state index in [0.29, 0.717) is 32.9 Å². The maximum Gasteiger partial charge on any atom is 0.213 e. The molecule has 1 aliphatic heterocycles. The summed E-state index contributed by atoms with van der Waals surface area (Å²) in [6, 6.07) is 6.72. The van der Waals surface area contributed by atoms with Crippen molar-refractivity contribution in [3.05, 3.63) is 116 Å². The van der Waals surface area contributed by atoms with Crippen molar-refractivity contribution in [1.82, 2.24) is 4.74 Å². The van der Waals surface area contributed by atoms with Crippen LogP contribution >= 0.6 is 7.41 Å². The minimum absolute atomic E-state index is 0.0567. The van der Waals surface area contributed by atoms with E-state index >= 15 is 22.8 Å². The molecule has 0 bridgehead atoms. The van der Waals surface area contributed by atoms with Gasteiger partial charge in [0.15, 0.2) is 34.9 Å². The molecule has 243 valence electrons. The monoisotopic (exact) mass is 672 g/mol. The van der Waals surface area contributed by atoms with Crippen LogP contribution in [-0.2, 0) is 5.21 Å². The standard InChI is InChI=1S/C32H26BF10NOP/c1-13-9-15(3)31(16(4)10-13)46(32-17(5)11-14(2)12-18(32)6)8-7-33(44(46)45,19-21(34)25(38)29(42)26(39)22(19)35)20-23(36)27(40)30(43)28(41)24(20)37/h9-12H,7-8H2,1-6H3. The first-order valence-corrected chi connectivity index (χ1v) is 16.0. The van der Waals surface area contributed by atoms with Crippen molar-refractivity contribution < 1.29 is 49.1 Å². The molecule has 46 heavy (non-hydrogen) atoms. The van der Waals surface area contributed by atoms with Gasteiger partial charge in [-0.1, -0.05) is 35.4 Å². The highest BCUT2D eigenvalue weighted by atomic mass is 31.2. The van der Waals surface area contributed by atoms with Crippen LogP contribution in [0.3, 0.4) is 0 Å². The second-order valence-electron chi connectivity index (χ2n) is 12.0. The van der Waals surface area contributed by atoms with Crippen LogP contribution in [0.25, 0.3) is 0 Å². The smallest absolute Gasteiger partial charge is 0.207 e. The third kappa shape index (κ3) is 4.45. The van der Waals surface area contributed by atoms with Crippen LogP contribution in [0, 0.1) is 99.7 Å². The number of hydrogen-bond donors (Lipinski definition) is 0. The van der Waals surface area contributed by atoms with Crippen LogP contribution in [0.1, 0.15) is 33.4 Å². The number of hydrogen-bond acceptors (Lipinski definition) is 1. The van der Waals surface area contributed by atoms with Crippen LogP contribution < -0.4 is 21.5 Å². The van der Waals surface area contributed by atoms with Gasteiger partial charge in [0, 0.05) is 0 Å². The fourth-order valence-corrected chi connectivity index (χ4v) is 13.3. The minimum Gasteiger partial charge on any atom is -0.207 e. The van der Waals surface area contributed by atoms with E-state index in [1.54, 1.807) is 65.8 Å². The average molecular weight is 672 g/mol. The normalized spacial score (nSPS) is 16.0. The highest BCUT2D eigenvalue weighted by molar-refractivity contribution is 7.90. The van der Waals surface area contributed by atoms with Crippen molar-refractivity contribution in [1.29, 1.82) is 0 Å². The van der Waals surface area contributed by atoms with E-state index in [1.807, 2.05) is 0 Å². The van der Waals surface area contributed by atoms with Crippen LogP contribution in [0.5, 0.6) is 0 Å². The predicted octanol–water partition coefficient (Wildman–Crippen LogP) is 7.23. The molecule has 4 aromatic rings. The van der Waals surface area contributed by atoms with E-state index in [1.165, 1.54) is 0 Å². The summed E-state index contributed by atoms with van der Waals surface area (Å²) in [5, 5.41) is 16.0. The summed E-state index contributed by atoms with van der Waals surface area (Å²) in [6.07, 6.45) is -6.14. The molecule has 0 saturated carbocycles. The Kier molecular flexibility index (Phi) is 8.40. The number of nitrogens with zero attached hydrogens (tertiary/aromatic N) is 1. The van der Waals surface area contributed by atoms with E-state index < -0.39 is 95.3 Å². The van der Waals surface area contributed by atoms with Gasteiger partial charge in [-0.15, -0.1) is 22.5 Å². The molecule has 2 nitrogen and oxygen atoms in total. The maximum atomic E-state index is 15.8. The fraction of sp³-hybridized carbons (Fsp3) is 0.250. The average Bonchev–Trinajstić information content (AvgIpc) is 3.25. The molecule has 0 N–H and O–H groups in total. The van der Waals surface area contributed by atoms with Crippen molar-refractivity contribution in [2.75, 3.05) is 6.16 Å². The van der Waals surface area contributed by atoms with Gasteiger partial charge >= 0.3 is 0 Å². The van der Waals surface area contributed by atoms with Crippen LogP contribution in [0.2, 0.25) is 6.32 Å². The second-order valence-corrected chi connectivity index (χ2v) is 15.3. The van der Waals surface area contributed by atoms with E-state index in [9.17, 15) is 26.3 Å². The summed E-state index contributed by atoms with van der Waals surface area (Å²) < 4.78 is 151. The van der Waals surface area contributed by atoms with E-state index in [2.05, 4.69) is 0 Å². The Balaban J connectivity index is 2.08. The Morgan fingerprint density at radius 3 is 1.04 bits per heavy atom. The highest BCUT2D eigenvalue weighted by Gasteiger charge is 2.66. The minimum atomic E-state index is -4.65.